The van der Waals surface area contributed by atoms with E-state index in [4.69, 9.17) is 9.73 Å². The number of fused-ring (bicyclic) bond motifs is 1. The lowest BCUT2D eigenvalue weighted by molar-refractivity contribution is -0.139. The molecule has 0 unspecified atom stereocenters. The van der Waals surface area contributed by atoms with Crippen LogP contribution in [0.1, 0.15) is 18.2 Å². The van der Waals surface area contributed by atoms with Gasteiger partial charge in [-0.25, -0.2) is 4.68 Å². The number of aromatic nitrogens is 2. The molecular formula is C24H21N3O3. The fourth-order valence-corrected chi connectivity index (χ4v) is 3.50. The molecule has 0 amide bonds. The first-order chi connectivity index (χ1) is 14.6. The van der Waals surface area contributed by atoms with Crippen LogP contribution < -0.4 is 5.56 Å². The first kappa shape index (κ1) is 19.4. The molecule has 0 bridgehead atoms. The first-order valence-electron chi connectivity index (χ1n) is 9.58. The minimum Gasteiger partial charge on any atom is -0.469 e. The number of carbonyl (C=O) groups excluding carboxylic acids is 1. The van der Waals surface area contributed by atoms with E-state index in [0.29, 0.717) is 22.7 Å². The highest BCUT2D eigenvalue weighted by Gasteiger charge is 2.20. The van der Waals surface area contributed by atoms with Gasteiger partial charge in [-0.15, -0.1) is 0 Å². The van der Waals surface area contributed by atoms with E-state index in [9.17, 15) is 9.59 Å². The smallest absolute Gasteiger partial charge is 0.311 e. The molecule has 4 rings (SSSR count). The van der Waals surface area contributed by atoms with Gasteiger partial charge in [0, 0.05) is 5.39 Å². The molecule has 1 N–H and O–H groups in total. The van der Waals surface area contributed by atoms with Crippen LogP contribution in [0.4, 0.5) is 5.69 Å². The number of H-pyrrole nitrogens is 1. The molecule has 1 heterocycles. The fraction of sp³-hybridized carbons (Fsp3) is 0.125. The summed E-state index contributed by atoms with van der Waals surface area (Å²) in [5.74, 6) is -0.435. The average Bonchev–Trinajstić information content (AvgIpc) is 3.10. The van der Waals surface area contributed by atoms with E-state index < -0.39 is 5.97 Å². The van der Waals surface area contributed by atoms with Crippen molar-refractivity contribution in [2.75, 3.05) is 7.11 Å². The maximum atomic E-state index is 13.3. The minimum absolute atomic E-state index is 0.0523. The molecule has 0 aliphatic heterocycles. The maximum absolute atomic E-state index is 13.3. The largest absolute Gasteiger partial charge is 0.469 e. The van der Waals surface area contributed by atoms with Gasteiger partial charge < -0.3 is 4.74 Å². The summed E-state index contributed by atoms with van der Waals surface area (Å²) in [6, 6.07) is 23.0. The van der Waals surface area contributed by atoms with Crippen LogP contribution in [0.25, 0.3) is 16.5 Å². The SMILES string of the molecule is COC(=O)Cc1[nH]n(-c2ccccc2)c(=O)c1C(C)=Nc1cccc2ccccc12. The van der Waals surface area contributed by atoms with E-state index in [1.807, 2.05) is 72.8 Å². The normalized spacial score (nSPS) is 11.6. The Morgan fingerprint density at radius 1 is 1.00 bits per heavy atom. The molecule has 4 aromatic rings. The van der Waals surface area contributed by atoms with Crippen molar-refractivity contribution in [1.29, 1.82) is 0 Å². The van der Waals surface area contributed by atoms with Crippen molar-refractivity contribution in [3.8, 4) is 5.69 Å². The van der Waals surface area contributed by atoms with Crippen molar-refractivity contribution in [1.82, 2.24) is 9.78 Å². The number of carbonyl (C=O) groups is 1. The summed E-state index contributed by atoms with van der Waals surface area (Å²) >= 11 is 0. The highest BCUT2D eigenvalue weighted by Crippen LogP contribution is 2.26. The predicted octanol–water partition coefficient (Wildman–Crippen LogP) is 4.18. The number of nitrogens with one attached hydrogen (secondary N) is 1. The van der Waals surface area contributed by atoms with Crippen molar-refractivity contribution >= 4 is 28.1 Å². The molecule has 3 aromatic carbocycles. The molecule has 150 valence electrons. The second-order valence-electron chi connectivity index (χ2n) is 6.89. The third kappa shape index (κ3) is 3.67. The monoisotopic (exact) mass is 399 g/mol. The number of rotatable bonds is 5. The Morgan fingerprint density at radius 3 is 2.47 bits per heavy atom. The number of hydrogen-bond acceptors (Lipinski definition) is 4. The van der Waals surface area contributed by atoms with Gasteiger partial charge in [-0.05, 0) is 30.5 Å². The van der Waals surface area contributed by atoms with Crippen molar-refractivity contribution < 1.29 is 9.53 Å². The molecule has 0 radical (unpaired) electrons. The number of ether oxygens (including phenoxy) is 1. The Balaban J connectivity index is 1.87. The molecule has 0 atom stereocenters. The Hall–Kier alpha value is -3.93. The molecular weight excluding hydrogens is 378 g/mol. The van der Waals surface area contributed by atoms with E-state index in [2.05, 4.69) is 5.10 Å². The highest BCUT2D eigenvalue weighted by molar-refractivity contribution is 6.04. The molecule has 6 heteroatoms. The number of nitrogens with zero attached hydrogens (tertiary/aromatic N) is 2. The molecule has 1 aromatic heterocycles. The van der Waals surface area contributed by atoms with Crippen LogP contribution in [0.15, 0.2) is 82.6 Å². The molecule has 6 nitrogen and oxygen atoms in total. The van der Waals surface area contributed by atoms with Gasteiger partial charge >= 0.3 is 5.97 Å². The van der Waals surface area contributed by atoms with Crippen molar-refractivity contribution in [3.05, 3.63) is 94.4 Å². The third-order valence-corrected chi connectivity index (χ3v) is 4.95. The van der Waals surface area contributed by atoms with Crippen LogP contribution in [0.2, 0.25) is 0 Å². The molecule has 0 aliphatic carbocycles. The van der Waals surface area contributed by atoms with E-state index in [1.165, 1.54) is 11.8 Å². The molecule has 0 spiro atoms. The van der Waals surface area contributed by atoms with Crippen molar-refractivity contribution in [2.24, 2.45) is 4.99 Å². The summed E-state index contributed by atoms with van der Waals surface area (Å²) in [6.07, 6.45) is -0.0523. The van der Waals surface area contributed by atoms with Gasteiger partial charge in [-0.1, -0.05) is 54.6 Å². The van der Waals surface area contributed by atoms with Crippen LogP contribution in [0.3, 0.4) is 0 Å². The Bertz CT molecular complexity index is 1300. The van der Waals surface area contributed by atoms with E-state index in [1.54, 1.807) is 6.92 Å². The fourth-order valence-electron chi connectivity index (χ4n) is 3.50. The first-order valence-corrected chi connectivity index (χ1v) is 9.58. The van der Waals surface area contributed by atoms with Gasteiger partial charge in [-0.2, -0.15) is 0 Å². The van der Waals surface area contributed by atoms with Crippen LogP contribution in [0, 0.1) is 0 Å². The maximum Gasteiger partial charge on any atom is 0.311 e. The number of para-hydroxylation sites is 1. The summed E-state index contributed by atoms with van der Waals surface area (Å²) < 4.78 is 6.24. The zero-order chi connectivity index (χ0) is 21.1. The highest BCUT2D eigenvalue weighted by atomic mass is 16.5. The lowest BCUT2D eigenvalue weighted by Gasteiger charge is -2.04. The minimum atomic E-state index is -0.435. The zero-order valence-corrected chi connectivity index (χ0v) is 16.8. The Morgan fingerprint density at radius 2 is 1.70 bits per heavy atom. The quantitative estimate of drug-likeness (QED) is 0.404. The lowest BCUT2D eigenvalue weighted by atomic mass is 10.1. The summed E-state index contributed by atoms with van der Waals surface area (Å²) in [4.78, 5) is 30.0. The number of aromatic amines is 1. The second kappa shape index (κ2) is 8.21. The number of esters is 1. The van der Waals surface area contributed by atoms with Crippen molar-refractivity contribution in [2.45, 2.75) is 13.3 Å². The summed E-state index contributed by atoms with van der Waals surface area (Å²) in [6.45, 7) is 1.78. The van der Waals surface area contributed by atoms with E-state index in [0.717, 1.165) is 16.5 Å². The van der Waals surface area contributed by atoms with Gasteiger partial charge in [0.05, 0.1) is 41.9 Å². The van der Waals surface area contributed by atoms with Crippen LogP contribution in [-0.4, -0.2) is 28.6 Å². The van der Waals surface area contributed by atoms with Gasteiger partial charge in [0.1, 0.15) is 0 Å². The van der Waals surface area contributed by atoms with Crippen LogP contribution in [0.5, 0.6) is 0 Å². The predicted molar refractivity (Wildman–Crippen MR) is 118 cm³/mol. The topological polar surface area (TPSA) is 76.5 Å². The second-order valence-corrected chi connectivity index (χ2v) is 6.89. The van der Waals surface area contributed by atoms with Gasteiger partial charge in [0.15, 0.2) is 0 Å². The van der Waals surface area contributed by atoms with Gasteiger partial charge in [0.25, 0.3) is 5.56 Å². The van der Waals surface area contributed by atoms with Crippen molar-refractivity contribution in [3.63, 3.8) is 0 Å². The summed E-state index contributed by atoms with van der Waals surface area (Å²) in [7, 11) is 1.32. The van der Waals surface area contributed by atoms with Gasteiger partial charge in [-0.3, -0.25) is 19.7 Å². The van der Waals surface area contributed by atoms with E-state index >= 15 is 0 Å². The molecule has 0 saturated carbocycles. The van der Waals surface area contributed by atoms with Gasteiger partial charge in [0.2, 0.25) is 0 Å². The third-order valence-electron chi connectivity index (χ3n) is 4.95. The summed E-state index contributed by atoms with van der Waals surface area (Å²) in [5.41, 5.74) is 2.55. The standard InChI is InChI=1S/C24H21N3O3/c1-16(25-20-14-8-10-17-9-6-7-13-19(17)20)23-21(15-22(28)30-2)26-27(24(23)29)18-11-4-3-5-12-18/h3-14,26H,15H2,1-2H3. The lowest BCUT2D eigenvalue weighted by Crippen LogP contribution is -2.20. The van der Waals surface area contributed by atoms with Crippen LogP contribution >= 0.6 is 0 Å². The average molecular weight is 399 g/mol. The Kier molecular flexibility index (Phi) is 5.30. The number of hydrogen-bond donors (Lipinski definition) is 1. The molecule has 30 heavy (non-hydrogen) atoms. The molecule has 0 saturated heterocycles. The number of benzene rings is 3. The number of methoxy groups -OCH3 is 1. The molecule has 0 fully saturated rings. The molecule has 0 aliphatic rings. The Labute approximate surface area is 173 Å². The van der Waals surface area contributed by atoms with Crippen LogP contribution in [-0.2, 0) is 16.0 Å². The van der Waals surface area contributed by atoms with E-state index in [-0.39, 0.29) is 12.0 Å². The zero-order valence-electron chi connectivity index (χ0n) is 16.8. The summed E-state index contributed by atoms with van der Waals surface area (Å²) in [5, 5.41) is 5.12. The number of aliphatic imine (C=N–C) groups is 1.